The molecule has 2 fully saturated rings. The van der Waals surface area contributed by atoms with E-state index in [1.54, 1.807) is 0 Å². The van der Waals surface area contributed by atoms with Gasteiger partial charge in [-0.15, -0.1) is 0 Å². The van der Waals surface area contributed by atoms with Gasteiger partial charge in [-0.05, 0) is 45.6 Å². The van der Waals surface area contributed by atoms with E-state index >= 15 is 0 Å². The van der Waals surface area contributed by atoms with Crippen LogP contribution in [0.2, 0.25) is 0 Å². The Kier molecular flexibility index (Phi) is 3.33. The van der Waals surface area contributed by atoms with E-state index in [0.717, 1.165) is 32.7 Å². The fourth-order valence-electron chi connectivity index (χ4n) is 2.90. The maximum absolute atomic E-state index is 10.1. The maximum atomic E-state index is 10.1. The van der Waals surface area contributed by atoms with Crippen LogP contribution in [0.25, 0.3) is 0 Å². The van der Waals surface area contributed by atoms with Gasteiger partial charge in [0.05, 0.1) is 12.2 Å². The molecule has 0 saturated carbocycles. The quantitative estimate of drug-likeness (QED) is 0.766. The van der Waals surface area contributed by atoms with E-state index in [2.05, 4.69) is 4.90 Å². The van der Waals surface area contributed by atoms with Crippen LogP contribution in [0.1, 0.15) is 33.1 Å². The molecule has 3 heteroatoms. The second kappa shape index (κ2) is 4.40. The van der Waals surface area contributed by atoms with E-state index in [9.17, 15) is 5.11 Å². The molecule has 0 aromatic heterocycles. The normalized spacial score (nSPS) is 33.8. The van der Waals surface area contributed by atoms with Gasteiger partial charge in [-0.1, -0.05) is 0 Å². The Morgan fingerprint density at radius 1 is 1.40 bits per heavy atom. The summed E-state index contributed by atoms with van der Waals surface area (Å²) in [5.74, 6) is 0.688. The summed E-state index contributed by atoms with van der Waals surface area (Å²) in [4.78, 5) is 2.46. The highest BCUT2D eigenvalue weighted by Crippen LogP contribution is 2.28. The molecule has 2 aliphatic rings. The van der Waals surface area contributed by atoms with E-state index in [-0.39, 0.29) is 0 Å². The highest BCUT2D eigenvalue weighted by Gasteiger charge is 2.36. The molecule has 0 radical (unpaired) electrons. The molecule has 88 valence electrons. The zero-order valence-electron chi connectivity index (χ0n) is 9.91. The standard InChI is InChI=1S/C12H23NO2/c1-12(2,14)11-4-3-6-13(11)8-10-5-7-15-9-10/h10-11,14H,3-9H2,1-2H3. The molecule has 0 bridgehead atoms. The molecule has 0 aliphatic carbocycles. The van der Waals surface area contributed by atoms with Gasteiger partial charge in [0, 0.05) is 19.2 Å². The number of ether oxygens (including phenoxy) is 1. The predicted octanol–water partition coefficient (Wildman–Crippen LogP) is 1.26. The lowest BCUT2D eigenvalue weighted by molar-refractivity contribution is -0.00731. The molecular weight excluding hydrogens is 190 g/mol. The molecule has 2 atom stereocenters. The summed E-state index contributed by atoms with van der Waals surface area (Å²) in [6.07, 6.45) is 3.55. The van der Waals surface area contributed by atoms with Gasteiger partial charge in [-0.2, -0.15) is 0 Å². The fraction of sp³-hybridized carbons (Fsp3) is 1.00. The summed E-state index contributed by atoms with van der Waals surface area (Å²) in [5.41, 5.74) is -0.560. The highest BCUT2D eigenvalue weighted by atomic mass is 16.5. The molecule has 2 unspecified atom stereocenters. The molecule has 2 aliphatic heterocycles. The summed E-state index contributed by atoms with van der Waals surface area (Å²) in [6.45, 7) is 7.95. The van der Waals surface area contributed by atoms with Crippen LogP contribution in [0.3, 0.4) is 0 Å². The van der Waals surface area contributed by atoms with Crippen LogP contribution in [0.5, 0.6) is 0 Å². The van der Waals surface area contributed by atoms with Gasteiger partial charge in [0.25, 0.3) is 0 Å². The molecular formula is C12H23NO2. The third kappa shape index (κ3) is 2.71. The lowest BCUT2D eigenvalue weighted by Gasteiger charge is -2.35. The van der Waals surface area contributed by atoms with Crippen LogP contribution in [-0.2, 0) is 4.74 Å². The molecule has 0 aromatic rings. The van der Waals surface area contributed by atoms with Crippen LogP contribution < -0.4 is 0 Å². The van der Waals surface area contributed by atoms with Crippen LogP contribution in [0.4, 0.5) is 0 Å². The Bertz CT molecular complexity index is 206. The van der Waals surface area contributed by atoms with Crippen LogP contribution in [0, 0.1) is 5.92 Å². The molecule has 2 saturated heterocycles. The zero-order chi connectivity index (χ0) is 10.9. The summed E-state index contributed by atoms with van der Waals surface area (Å²) < 4.78 is 5.40. The predicted molar refractivity (Wildman–Crippen MR) is 59.8 cm³/mol. The lowest BCUT2D eigenvalue weighted by atomic mass is 9.96. The Morgan fingerprint density at radius 2 is 2.20 bits per heavy atom. The van der Waals surface area contributed by atoms with E-state index in [0.29, 0.717) is 12.0 Å². The first-order valence-corrected chi connectivity index (χ1v) is 6.11. The van der Waals surface area contributed by atoms with E-state index in [1.165, 1.54) is 12.8 Å². The van der Waals surface area contributed by atoms with Gasteiger partial charge in [0.15, 0.2) is 0 Å². The van der Waals surface area contributed by atoms with Crippen LogP contribution in [-0.4, -0.2) is 48.0 Å². The monoisotopic (exact) mass is 213 g/mol. The smallest absolute Gasteiger partial charge is 0.0746 e. The Morgan fingerprint density at radius 3 is 2.80 bits per heavy atom. The van der Waals surface area contributed by atoms with E-state index < -0.39 is 5.60 Å². The minimum atomic E-state index is -0.560. The summed E-state index contributed by atoms with van der Waals surface area (Å²) >= 11 is 0. The van der Waals surface area contributed by atoms with Gasteiger partial charge >= 0.3 is 0 Å². The minimum absolute atomic E-state index is 0.345. The first-order valence-electron chi connectivity index (χ1n) is 6.11. The van der Waals surface area contributed by atoms with Crippen LogP contribution >= 0.6 is 0 Å². The summed E-state index contributed by atoms with van der Waals surface area (Å²) in [7, 11) is 0. The lowest BCUT2D eigenvalue weighted by Crippen LogP contribution is -2.47. The van der Waals surface area contributed by atoms with Crippen molar-refractivity contribution in [2.75, 3.05) is 26.3 Å². The topological polar surface area (TPSA) is 32.7 Å². The van der Waals surface area contributed by atoms with Crippen molar-refractivity contribution in [3.05, 3.63) is 0 Å². The Balaban J connectivity index is 1.90. The Hall–Kier alpha value is -0.120. The molecule has 0 spiro atoms. The van der Waals surface area contributed by atoms with Gasteiger partial charge in [-0.3, -0.25) is 4.90 Å². The maximum Gasteiger partial charge on any atom is 0.0746 e. The molecule has 1 N–H and O–H groups in total. The van der Waals surface area contributed by atoms with Crippen molar-refractivity contribution in [1.29, 1.82) is 0 Å². The summed E-state index contributed by atoms with van der Waals surface area (Å²) in [5, 5.41) is 10.1. The fourth-order valence-corrected chi connectivity index (χ4v) is 2.90. The van der Waals surface area contributed by atoms with Gasteiger partial charge < -0.3 is 9.84 Å². The van der Waals surface area contributed by atoms with Gasteiger partial charge in [0.2, 0.25) is 0 Å². The minimum Gasteiger partial charge on any atom is -0.389 e. The number of nitrogens with zero attached hydrogens (tertiary/aromatic N) is 1. The summed E-state index contributed by atoms with van der Waals surface area (Å²) in [6, 6.07) is 0.345. The van der Waals surface area contributed by atoms with E-state index in [4.69, 9.17) is 4.74 Å². The first kappa shape index (κ1) is 11.4. The van der Waals surface area contributed by atoms with E-state index in [1.807, 2.05) is 13.8 Å². The number of aliphatic hydroxyl groups is 1. The van der Waals surface area contributed by atoms with Gasteiger partial charge in [0.1, 0.15) is 0 Å². The average Bonchev–Trinajstić information content (AvgIpc) is 2.73. The number of hydrogen-bond donors (Lipinski definition) is 1. The number of hydrogen-bond acceptors (Lipinski definition) is 3. The second-order valence-corrected chi connectivity index (χ2v) is 5.54. The Labute approximate surface area is 92.4 Å². The third-order valence-electron chi connectivity index (χ3n) is 3.70. The molecule has 2 heterocycles. The van der Waals surface area contributed by atoms with Crippen molar-refractivity contribution in [1.82, 2.24) is 4.90 Å². The van der Waals surface area contributed by atoms with Crippen molar-refractivity contribution in [2.24, 2.45) is 5.92 Å². The van der Waals surface area contributed by atoms with Crippen molar-refractivity contribution in [3.8, 4) is 0 Å². The molecule has 2 rings (SSSR count). The third-order valence-corrected chi connectivity index (χ3v) is 3.70. The largest absolute Gasteiger partial charge is 0.389 e. The molecule has 0 amide bonds. The van der Waals surface area contributed by atoms with Crippen molar-refractivity contribution < 1.29 is 9.84 Å². The van der Waals surface area contributed by atoms with Crippen LogP contribution in [0.15, 0.2) is 0 Å². The van der Waals surface area contributed by atoms with Crippen molar-refractivity contribution in [3.63, 3.8) is 0 Å². The molecule has 15 heavy (non-hydrogen) atoms. The highest BCUT2D eigenvalue weighted by molar-refractivity contribution is 4.91. The first-order chi connectivity index (χ1) is 7.07. The molecule has 3 nitrogen and oxygen atoms in total. The number of rotatable bonds is 3. The second-order valence-electron chi connectivity index (χ2n) is 5.54. The molecule has 0 aromatic carbocycles. The number of likely N-dealkylation sites (tertiary alicyclic amines) is 1. The average molecular weight is 213 g/mol. The van der Waals surface area contributed by atoms with Gasteiger partial charge in [-0.25, -0.2) is 0 Å². The van der Waals surface area contributed by atoms with Crippen molar-refractivity contribution in [2.45, 2.75) is 44.8 Å². The zero-order valence-corrected chi connectivity index (χ0v) is 9.91. The van der Waals surface area contributed by atoms with Crippen molar-refractivity contribution >= 4 is 0 Å². The SMILES string of the molecule is CC(C)(O)C1CCCN1CC1CCOC1.